The Bertz CT molecular complexity index is 780. The zero-order valence-electron chi connectivity index (χ0n) is 10.8. The van der Waals surface area contributed by atoms with Crippen molar-refractivity contribution in [3.8, 4) is 11.3 Å². The summed E-state index contributed by atoms with van der Waals surface area (Å²) in [7, 11) is 0. The SMILES string of the molecule is CCn1ncc2nc(C(=O)O)c(-c3ccccc3)nc21. The van der Waals surface area contributed by atoms with Crippen LogP contribution in [-0.2, 0) is 6.54 Å². The van der Waals surface area contributed by atoms with Crippen LogP contribution in [-0.4, -0.2) is 30.8 Å². The Morgan fingerprint density at radius 3 is 2.65 bits per heavy atom. The van der Waals surface area contributed by atoms with Crippen LogP contribution in [0.2, 0.25) is 0 Å². The minimum absolute atomic E-state index is 0.0562. The summed E-state index contributed by atoms with van der Waals surface area (Å²) in [5, 5.41) is 13.5. The fourth-order valence-electron chi connectivity index (χ4n) is 2.07. The van der Waals surface area contributed by atoms with E-state index in [9.17, 15) is 9.90 Å². The molecule has 0 amide bonds. The van der Waals surface area contributed by atoms with Gasteiger partial charge in [-0.1, -0.05) is 30.3 Å². The Hall–Kier alpha value is -2.76. The van der Waals surface area contributed by atoms with Crippen LogP contribution in [0.15, 0.2) is 36.5 Å². The smallest absolute Gasteiger partial charge is 0.356 e. The molecule has 20 heavy (non-hydrogen) atoms. The van der Waals surface area contributed by atoms with Crippen LogP contribution in [0.4, 0.5) is 0 Å². The minimum Gasteiger partial charge on any atom is -0.476 e. The summed E-state index contributed by atoms with van der Waals surface area (Å²) >= 11 is 0. The molecule has 0 aliphatic heterocycles. The van der Waals surface area contributed by atoms with Crippen molar-refractivity contribution < 1.29 is 9.90 Å². The first-order valence-corrected chi connectivity index (χ1v) is 6.23. The van der Waals surface area contributed by atoms with Crippen molar-refractivity contribution in [3.05, 3.63) is 42.2 Å². The summed E-state index contributed by atoms with van der Waals surface area (Å²) in [4.78, 5) is 20.0. The van der Waals surface area contributed by atoms with Gasteiger partial charge in [-0.2, -0.15) is 5.10 Å². The van der Waals surface area contributed by atoms with Crippen molar-refractivity contribution in [2.24, 2.45) is 0 Å². The number of carbonyl (C=O) groups is 1. The molecule has 0 saturated heterocycles. The lowest BCUT2D eigenvalue weighted by Crippen LogP contribution is -2.07. The maximum absolute atomic E-state index is 11.4. The Kier molecular flexibility index (Phi) is 2.90. The summed E-state index contributed by atoms with van der Waals surface area (Å²) in [6, 6.07) is 9.17. The number of carboxylic acid groups (broad SMARTS) is 1. The maximum Gasteiger partial charge on any atom is 0.356 e. The van der Waals surface area contributed by atoms with Crippen molar-refractivity contribution in [3.63, 3.8) is 0 Å². The lowest BCUT2D eigenvalue weighted by atomic mass is 10.1. The van der Waals surface area contributed by atoms with Crippen molar-refractivity contribution in [1.29, 1.82) is 0 Å². The molecule has 0 bridgehead atoms. The van der Waals surface area contributed by atoms with Crippen molar-refractivity contribution in [2.45, 2.75) is 13.5 Å². The summed E-state index contributed by atoms with van der Waals surface area (Å²) in [6.07, 6.45) is 1.53. The van der Waals surface area contributed by atoms with Gasteiger partial charge in [-0.05, 0) is 6.92 Å². The number of rotatable bonds is 3. The molecule has 0 aliphatic carbocycles. The van der Waals surface area contributed by atoms with E-state index in [1.165, 1.54) is 6.20 Å². The van der Waals surface area contributed by atoms with E-state index in [0.717, 1.165) is 5.56 Å². The molecule has 100 valence electrons. The quantitative estimate of drug-likeness (QED) is 0.787. The van der Waals surface area contributed by atoms with Crippen LogP contribution < -0.4 is 0 Å². The zero-order chi connectivity index (χ0) is 14.1. The largest absolute Gasteiger partial charge is 0.476 e. The number of benzene rings is 1. The Balaban J connectivity index is 2.32. The van der Waals surface area contributed by atoms with Gasteiger partial charge in [-0.3, -0.25) is 0 Å². The van der Waals surface area contributed by atoms with E-state index in [4.69, 9.17) is 0 Å². The molecule has 1 aromatic carbocycles. The van der Waals surface area contributed by atoms with Crippen LogP contribution >= 0.6 is 0 Å². The van der Waals surface area contributed by atoms with Crippen LogP contribution in [0, 0.1) is 0 Å². The molecular formula is C14H12N4O2. The number of fused-ring (bicyclic) bond motifs is 1. The highest BCUT2D eigenvalue weighted by atomic mass is 16.4. The Morgan fingerprint density at radius 1 is 1.25 bits per heavy atom. The molecular weight excluding hydrogens is 256 g/mol. The molecule has 0 atom stereocenters. The van der Waals surface area contributed by atoms with E-state index in [-0.39, 0.29) is 5.69 Å². The monoisotopic (exact) mass is 268 g/mol. The first kappa shape index (κ1) is 12.3. The molecule has 0 saturated carbocycles. The van der Waals surface area contributed by atoms with Crippen molar-refractivity contribution >= 4 is 17.1 Å². The van der Waals surface area contributed by atoms with E-state index in [1.54, 1.807) is 4.68 Å². The molecule has 1 N–H and O–H groups in total. The van der Waals surface area contributed by atoms with Gasteiger partial charge in [0.2, 0.25) is 0 Å². The predicted molar refractivity (Wildman–Crippen MR) is 73.4 cm³/mol. The molecule has 3 rings (SSSR count). The van der Waals surface area contributed by atoms with Gasteiger partial charge in [0.1, 0.15) is 11.2 Å². The number of aryl methyl sites for hydroxylation is 1. The highest BCUT2D eigenvalue weighted by Gasteiger charge is 2.18. The van der Waals surface area contributed by atoms with Gasteiger partial charge in [0.05, 0.1) is 6.20 Å². The molecule has 3 aromatic rings. The van der Waals surface area contributed by atoms with Crippen LogP contribution in [0.25, 0.3) is 22.4 Å². The van der Waals surface area contributed by atoms with Gasteiger partial charge in [0, 0.05) is 12.1 Å². The minimum atomic E-state index is -1.09. The molecule has 0 fully saturated rings. The summed E-state index contributed by atoms with van der Waals surface area (Å²) < 4.78 is 1.69. The van der Waals surface area contributed by atoms with Gasteiger partial charge in [-0.25, -0.2) is 19.4 Å². The molecule has 0 spiro atoms. The Labute approximate surface area is 114 Å². The van der Waals surface area contributed by atoms with Gasteiger partial charge in [0.15, 0.2) is 11.3 Å². The predicted octanol–water partition coefficient (Wildman–Crippen LogP) is 2.21. The molecule has 6 heteroatoms. The van der Waals surface area contributed by atoms with Crippen molar-refractivity contribution in [1.82, 2.24) is 19.7 Å². The van der Waals surface area contributed by atoms with Crippen LogP contribution in [0.5, 0.6) is 0 Å². The highest BCUT2D eigenvalue weighted by Crippen LogP contribution is 2.23. The van der Waals surface area contributed by atoms with E-state index in [2.05, 4.69) is 15.1 Å². The number of aromatic carboxylic acids is 1. The first-order valence-electron chi connectivity index (χ1n) is 6.23. The van der Waals surface area contributed by atoms with Crippen LogP contribution in [0.1, 0.15) is 17.4 Å². The van der Waals surface area contributed by atoms with Gasteiger partial charge in [-0.15, -0.1) is 0 Å². The normalized spacial score (nSPS) is 10.8. The average molecular weight is 268 g/mol. The molecule has 0 radical (unpaired) electrons. The summed E-state index contributed by atoms with van der Waals surface area (Å²) in [5.41, 5.74) is 2.11. The number of nitrogens with zero attached hydrogens (tertiary/aromatic N) is 4. The third kappa shape index (κ3) is 1.91. The van der Waals surface area contributed by atoms with E-state index >= 15 is 0 Å². The number of hydrogen-bond donors (Lipinski definition) is 1. The van der Waals surface area contributed by atoms with Gasteiger partial charge in [0.25, 0.3) is 0 Å². The summed E-state index contributed by atoms with van der Waals surface area (Å²) in [6.45, 7) is 2.60. The third-order valence-electron chi connectivity index (χ3n) is 3.02. The molecule has 2 heterocycles. The second-order valence-electron chi connectivity index (χ2n) is 4.26. The number of carboxylic acids is 1. The second-order valence-corrected chi connectivity index (χ2v) is 4.26. The number of aromatic nitrogens is 4. The molecule has 0 aliphatic rings. The van der Waals surface area contributed by atoms with Gasteiger partial charge < -0.3 is 5.11 Å². The second kappa shape index (κ2) is 4.73. The maximum atomic E-state index is 11.4. The van der Waals surface area contributed by atoms with E-state index in [1.807, 2.05) is 37.3 Å². The third-order valence-corrected chi connectivity index (χ3v) is 3.02. The van der Waals surface area contributed by atoms with Gasteiger partial charge >= 0.3 is 5.97 Å². The lowest BCUT2D eigenvalue weighted by Gasteiger charge is -2.06. The zero-order valence-corrected chi connectivity index (χ0v) is 10.8. The average Bonchev–Trinajstić information content (AvgIpc) is 2.88. The molecule has 0 unspecified atom stereocenters. The summed E-state index contributed by atoms with van der Waals surface area (Å²) in [5.74, 6) is -1.09. The Morgan fingerprint density at radius 2 is 2.00 bits per heavy atom. The first-order chi connectivity index (χ1) is 9.70. The number of hydrogen-bond acceptors (Lipinski definition) is 4. The highest BCUT2D eigenvalue weighted by molar-refractivity contribution is 5.95. The topological polar surface area (TPSA) is 80.9 Å². The standard InChI is InChI=1S/C14H12N4O2/c1-2-18-13-10(8-15-18)16-12(14(19)20)11(17-13)9-6-4-3-5-7-9/h3-8H,2H2,1H3,(H,19,20). The lowest BCUT2D eigenvalue weighted by molar-refractivity contribution is 0.0691. The fourth-order valence-corrected chi connectivity index (χ4v) is 2.07. The van der Waals surface area contributed by atoms with Crippen molar-refractivity contribution in [2.75, 3.05) is 0 Å². The van der Waals surface area contributed by atoms with E-state index in [0.29, 0.717) is 23.4 Å². The molecule has 2 aromatic heterocycles. The molecule has 6 nitrogen and oxygen atoms in total. The van der Waals surface area contributed by atoms with Crippen LogP contribution in [0.3, 0.4) is 0 Å². The fraction of sp³-hybridized carbons (Fsp3) is 0.143. The van der Waals surface area contributed by atoms with E-state index < -0.39 is 5.97 Å².